The molecule has 0 aromatic heterocycles. The molecule has 2 rings (SSSR count). The van der Waals surface area contributed by atoms with Crippen LogP contribution < -0.4 is 10.1 Å². The van der Waals surface area contributed by atoms with Gasteiger partial charge in [-0.1, -0.05) is 62.7 Å². The lowest BCUT2D eigenvalue weighted by Gasteiger charge is -2.33. The van der Waals surface area contributed by atoms with Gasteiger partial charge in [-0.15, -0.1) is 12.4 Å². The minimum atomic E-state index is 0. The molecule has 0 fully saturated rings. The molecule has 0 radical (unpaired) electrons. The first kappa shape index (κ1) is 22.8. The van der Waals surface area contributed by atoms with E-state index < -0.39 is 0 Å². The average molecular weight is 396 g/mol. The highest BCUT2D eigenvalue weighted by molar-refractivity contribution is 6.31. The lowest BCUT2D eigenvalue weighted by molar-refractivity contribution is 0.240. The van der Waals surface area contributed by atoms with Crippen molar-refractivity contribution in [1.29, 1.82) is 0 Å². The Labute approximate surface area is 169 Å². The van der Waals surface area contributed by atoms with E-state index in [1.165, 1.54) is 5.56 Å². The Hall–Kier alpha value is -1.22. The van der Waals surface area contributed by atoms with Gasteiger partial charge in [0.15, 0.2) is 0 Å². The first-order chi connectivity index (χ1) is 11.6. The Bertz CT molecular complexity index is 675. The van der Waals surface area contributed by atoms with Crippen LogP contribution in [0.3, 0.4) is 0 Å². The molecule has 4 heteroatoms. The SMILES string of the molecule is CC(C)(C)CC(C)(C)NCc1ccc(OCc2ccccc2Cl)cc1.Cl. The molecule has 2 aromatic rings. The van der Waals surface area contributed by atoms with Crippen molar-refractivity contribution in [3.63, 3.8) is 0 Å². The standard InChI is InChI=1S/C22H30ClNO.ClH/c1-21(2,3)16-22(4,5)24-14-17-10-12-19(13-11-17)25-15-18-8-6-7-9-20(18)23;/h6-13,24H,14-16H2,1-5H3;1H. The van der Waals surface area contributed by atoms with Crippen LogP contribution in [0.5, 0.6) is 5.75 Å². The van der Waals surface area contributed by atoms with Gasteiger partial charge in [0.1, 0.15) is 12.4 Å². The highest BCUT2D eigenvalue weighted by Crippen LogP contribution is 2.27. The molecule has 0 aliphatic rings. The zero-order valence-corrected chi connectivity index (χ0v) is 18.0. The fourth-order valence-electron chi connectivity index (χ4n) is 3.21. The molecule has 0 bridgehead atoms. The van der Waals surface area contributed by atoms with Crippen molar-refractivity contribution in [2.45, 2.75) is 59.7 Å². The summed E-state index contributed by atoms with van der Waals surface area (Å²) in [5.41, 5.74) is 2.68. The third kappa shape index (κ3) is 7.99. The summed E-state index contributed by atoms with van der Waals surface area (Å²) in [4.78, 5) is 0. The molecule has 0 saturated heterocycles. The molecular formula is C22H31Cl2NO. The van der Waals surface area contributed by atoms with Crippen LogP contribution in [0.4, 0.5) is 0 Å². The van der Waals surface area contributed by atoms with Crippen molar-refractivity contribution >= 4 is 24.0 Å². The van der Waals surface area contributed by atoms with Gasteiger partial charge >= 0.3 is 0 Å². The minimum absolute atomic E-state index is 0. The molecule has 0 amide bonds. The molecule has 1 N–H and O–H groups in total. The molecule has 0 spiro atoms. The van der Waals surface area contributed by atoms with Crippen LogP contribution in [0, 0.1) is 5.41 Å². The second kappa shape index (κ2) is 9.64. The number of benzene rings is 2. The van der Waals surface area contributed by atoms with E-state index in [-0.39, 0.29) is 17.9 Å². The number of hydrogen-bond acceptors (Lipinski definition) is 2. The van der Waals surface area contributed by atoms with E-state index in [0.717, 1.165) is 29.3 Å². The first-order valence-electron chi connectivity index (χ1n) is 8.85. The third-order valence-electron chi connectivity index (χ3n) is 4.02. The second-order valence-corrected chi connectivity index (χ2v) is 8.91. The summed E-state index contributed by atoms with van der Waals surface area (Å²) < 4.78 is 5.83. The summed E-state index contributed by atoms with van der Waals surface area (Å²) in [6, 6.07) is 16.0. The maximum Gasteiger partial charge on any atom is 0.119 e. The van der Waals surface area contributed by atoms with Crippen molar-refractivity contribution < 1.29 is 4.74 Å². The summed E-state index contributed by atoms with van der Waals surface area (Å²) in [5.74, 6) is 0.859. The molecule has 0 unspecified atom stereocenters. The molecular weight excluding hydrogens is 365 g/mol. The maximum absolute atomic E-state index is 6.16. The number of ether oxygens (including phenoxy) is 1. The molecule has 2 aromatic carbocycles. The highest BCUT2D eigenvalue weighted by Gasteiger charge is 2.24. The van der Waals surface area contributed by atoms with Crippen LogP contribution >= 0.6 is 24.0 Å². The second-order valence-electron chi connectivity index (χ2n) is 8.50. The van der Waals surface area contributed by atoms with Crippen LogP contribution in [-0.2, 0) is 13.2 Å². The van der Waals surface area contributed by atoms with Crippen molar-refractivity contribution in [2.75, 3.05) is 0 Å². The summed E-state index contributed by atoms with van der Waals surface area (Å²) in [6.07, 6.45) is 1.12. The Kier molecular flexibility index (Phi) is 8.46. The van der Waals surface area contributed by atoms with Gasteiger partial charge in [-0.2, -0.15) is 0 Å². The molecule has 2 nitrogen and oxygen atoms in total. The maximum atomic E-state index is 6.16. The van der Waals surface area contributed by atoms with Crippen LogP contribution in [0.25, 0.3) is 0 Å². The van der Waals surface area contributed by atoms with Crippen molar-refractivity contribution in [2.24, 2.45) is 5.41 Å². The van der Waals surface area contributed by atoms with Gasteiger partial charge in [0.25, 0.3) is 0 Å². The van der Waals surface area contributed by atoms with Crippen molar-refractivity contribution in [3.8, 4) is 5.75 Å². The number of halogens is 2. The van der Waals surface area contributed by atoms with E-state index in [1.807, 2.05) is 36.4 Å². The lowest BCUT2D eigenvalue weighted by atomic mass is 9.82. The Morgan fingerprint density at radius 3 is 2.12 bits per heavy atom. The monoisotopic (exact) mass is 395 g/mol. The zero-order chi connectivity index (χ0) is 18.5. The van der Waals surface area contributed by atoms with Crippen molar-refractivity contribution in [3.05, 3.63) is 64.7 Å². The number of nitrogens with one attached hydrogen (secondary N) is 1. The summed E-state index contributed by atoms with van der Waals surface area (Å²) in [5, 5.41) is 4.40. The number of rotatable bonds is 7. The van der Waals surface area contributed by atoms with E-state index in [1.54, 1.807) is 0 Å². The fourth-order valence-corrected chi connectivity index (χ4v) is 3.40. The molecule has 0 aliphatic heterocycles. The smallest absolute Gasteiger partial charge is 0.119 e. The van der Waals surface area contributed by atoms with Gasteiger partial charge < -0.3 is 10.1 Å². The largest absolute Gasteiger partial charge is 0.489 e. The van der Waals surface area contributed by atoms with E-state index >= 15 is 0 Å². The predicted octanol–water partition coefficient (Wildman–Crippen LogP) is 6.65. The van der Waals surface area contributed by atoms with E-state index in [2.05, 4.69) is 52.1 Å². The Morgan fingerprint density at radius 1 is 0.923 bits per heavy atom. The third-order valence-corrected chi connectivity index (χ3v) is 4.39. The van der Waals surface area contributed by atoms with Crippen LogP contribution in [0.1, 0.15) is 52.2 Å². The molecule has 0 atom stereocenters. The quantitative estimate of drug-likeness (QED) is 0.566. The predicted molar refractivity (Wildman–Crippen MR) is 114 cm³/mol. The normalized spacial score (nSPS) is 11.8. The average Bonchev–Trinajstić information content (AvgIpc) is 2.51. The van der Waals surface area contributed by atoms with Gasteiger partial charge in [0.2, 0.25) is 0 Å². The summed E-state index contributed by atoms with van der Waals surface area (Å²) in [6.45, 7) is 12.7. The molecule has 26 heavy (non-hydrogen) atoms. The number of hydrogen-bond donors (Lipinski definition) is 1. The van der Waals surface area contributed by atoms with Gasteiger partial charge in [-0.25, -0.2) is 0 Å². The van der Waals surface area contributed by atoms with Crippen molar-refractivity contribution in [1.82, 2.24) is 5.32 Å². The van der Waals surface area contributed by atoms with Gasteiger partial charge in [0.05, 0.1) is 0 Å². The molecule has 0 aliphatic carbocycles. The van der Waals surface area contributed by atoms with Crippen LogP contribution in [-0.4, -0.2) is 5.54 Å². The van der Waals surface area contributed by atoms with Gasteiger partial charge in [0, 0.05) is 22.7 Å². The Morgan fingerprint density at radius 2 is 1.54 bits per heavy atom. The van der Waals surface area contributed by atoms with Crippen LogP contribution in [0.2, 0.25) is 5.02 Å². The topological polar surface area (TPSA) is 21.3 Å². The first-order valence-corrected chi connectivity index (χ1v) is 9.23. The van der Waals surface area contributed by atoms with E-state index in [0.29, 0.717) is 12.0 Å². The van der Waals surface area contributed by atoms with Gasteiger partial charge in [-0.3, -0.25) is 0 Å². The zero-order valence-electron chi connectivity index (χ0n) is 16.4. The fraction of sp³-hybridized carbons (Fsp3) is 0.455. The molecule has 0 saturated carbocycles. The minimum Gasteiger partial charge on any atom is -0.489 e. The van der Waals surface area contributed by atoms with Gasteiger partial charge in [-0.05, 0) is 49.4 Å². The lowest BCUT2D eigenvalue weighted by Crippen LogP contribution is -2.41. The summed E-state index contributed by atoms with van der Waals surface area (Å²) >= 11 is 6.16. The van der Waals surface area contributed by atoms with Crippen LogP contribution in [0.15, 0.2) is 48.5 Å². The summed E-state index contributed by atoms with van der Waals surface area (Å²) in [7, 11) is 0. The highest BCUT2D eigenvalue weighted by atomic mass is 35.5. The molecule has 144 valence electrons. The molecule has 0 heterocycles. The van der Waals surface area contributed by atoms with E-state index in [4.69, 9.17) is 16.3 Å². The Balaban J connectivity index is 0.00000338. The van der Waals surface area contributed by atoms with E-state index in [9.17, 15) is 0 Å².